The molecule has 1 aliphatic heterocycles. The standard InChI is InChI=1S/C12H21N3OS/c1-9(16)10-8-17-12(13-10)11-7-14(2)5-4-6-15(11)3/h8-9,11,16H,4-7H2,1-3H3. The fraction of sp³-hybridized carbons (Fsp3) is 0.750. The maximum Gasteiger partial charge on any atom is 0.111 e. The summed E-state index contributed by atoms with van der Waals surface area (Å²) in [6, 6.07) is 0.361. The SMILES string of the molecule is CC(O)c1csc(C2CN(C)CCCN2C)n1. The van der Waals surface area contributed by atoms with Gasteiger partial charge in [0, 0.05) is 11.9 Å². The van der Waals surface area contributed by atoms with E-state index in [0.29, 0.717) is 6.04 Å². The number of aliphatic hydroxyl groups excluding tert-OH is 1. The molecule has 0 saturated carbocycles. The molecular formula is C12H21N3OS. The third kappa shape index (κ3) is 3.04. The predicted molar refractivity (Wildman–Crippen MR) is 70.2 cm³/mol. The van der Waals surface area contributed by atoms with Crippen LogP contribution in [0.4, 0.5) is 0 Å². The fourth-order valence-corrected chi connectivity index (χ4v) is 3.24. The average molecular weight is 255 g/mol. The number of aliphatic hydroxyl groups is 1. The van der Waals surface area contributed by atoms with Crippen molar-refractivity contribution in [3.63, 3.8) is 0 Å². The first kappa shape index (κ1) is 13.0. The Balaban J connectivity index is 2.17. The van der Waals surface area contributed by atoms with E-state index in [0.717, 1.165) is 30.3 Å². The lowest BCUT2D eigenvalue weighted by Crippen LogP contribution is -2.30. The van der Waals surface area contributed by atoms with Gasteiger partial charge in [0.25, 0.3) is 0 Å². The van der Waals surface area contributed by atoms with E-state index < -0.39 is 6.10 Å². The maximum absolute atomic E-state index is 9.53. The van der Waals surface area contributed by atoms with Crippen LogP contribution in [0.25, 0.3) is 0 Å². The summed E-state index contributed by atoms with van der Waals surface area (Å²) in [5, 5.41) is 12.6. The smallest absolute Gasteiger partial charge is 0.111 e. The van der Waals surface area contributed by atoms with Crippen molar-refractivity contribution in [1.29, 1.82) is 0 Å². The second-order valence-electron chi connectivity index (χ2n) is 4.90. The molecule has 1 fully saturated rings. The van der Waals surface area contributed by atoms with Gasteiger partial charge in [0.1, 0.15) is 5.01 Å². The third-order valence-corrected chi connectivity index (χ3v) is 4.28. The summed E-state index contributed by atoms with van der Waals surface area (Å²) in [5.74, 6) is 0. The zero-order chi connectivity index (χ0) is 12.4. The van der Waals surface area contributed by atoms with Gasteiger partial charge in [-0.2, -0.15) is 0 Å². The van der Waals surface area contributed by atoms with Crippen LogP contribution in [-0.2, 0) is 0 Å². The molecule has 17 heavy (non-hydrogen) atoms. The Labute approximate surface area is 107 Å². The van der Waals surface area contributed by atoms with Crippen molar-refractivity contribution in [2.45, 2.75) is 25.5 Å². The normalized spacial score (nSPS) is 25.8. The largest absolute Gasteiger partial charge is 0.387 e. The topological polar surface area (TPSA) is 39.6 Å². The van der Waals surface area contributed by atoms with Gasteiger partial charge < -0.3 is 10.0 Å². The van der Waals surface area contributed by atoms with E-state index in [2.05, 4.69) is 28.9 Å². The molecule has 96 valence electrons. The van der Waals surface area contributed by atoms with Crippen LogP contribution >= 0.6 is 11.3 Å². The molecule has 5 heteroatoms. The molecule has 0 radical (unpaired) electrons. The van der Waals surface area contributed by atoms with Gasteiger partial charge in [-0.05, 0) is 40.5 Å². The average Bonchev–Trinajstić information content (AvgIpc) is 2.68. The first-order valence-electron chi connectivity index (χ1n) is 6.10. The molecular weight excluding hydrogens is 234 g/mol. The molecule has 1 saturated heterocycles. The van der Waals surface area contributed by atoms with E-state index in [1.165, 1.54) is 6.42 Å². The summed E-state index contributed by atoms with van der Waals surface area (Å²) in [6.07, 6.45) is 0.742. The van der Waals surface area contributed by atoms with E-state index in [4.69, 9.17) is 0 Å². The molecule has 4 nitrogen and oxygen atoms in total. The van der Waals surface area contributed by atoms with Gasteiger partial charge in [-0.1, -0.05) is 0 Å². The van der Waals surface area contributed by atoms with Crippen LogP contribution in [0.2, 0.25) is 0 Å². The molecule has 0 amide bonds. The Morgan fingerprint density at radius 1 is 1.47 bits per heavy atom. The van der Waals surface area contributed by atoms with E-state index in [1.807, 2.05) is 5.38 Å². The molecule has 0 bridgehead atoms. The lowest BCUT2D eigenvalue weighted by atomic mass is 10.2. The van der Waals surface area contributed by atoms with Crippen LogP contribution in [0.3, 0.4) is 0 Å². The van der Waals surface area contributed by atoms with E-state index >= 15 is 0 Å². The zero-order valence-corrected chi connectivity index (χ0v) is 11.6. The Morgan fingerprint density at radius 2 is 2.24 bits per heavy atom. The van der Waals surface area contributed by atoms with Crippen molar-refractivity contribution in [3.8, 4) is 0 Å². The molecule has 2 unspecified atom stereocenters. The van der Waals surface area contributed by atoms with Gasteiger partial charge in [0.05, 0.1) is 17.8 Å². The van der Waals surface area contributed by atoms with Crippen LogP contribution in [0.15, 0.2) is 5.38 Å². The quantitative estimate of drug-likeness (QED) is 0.869. The monoisotopic (exact) mass is 255 g/mol. The number of likely N-dealkylation sites (N-methyl/N-ethyl adjacent to an activating group) is 2. The van der Waals surface area contributed by atoms with Crippen molar-refractivity contribution in [3.05, 3.63) is 16.1 Å². The molecule has 1 aromatic rings. The van der Waals surface area contributed by atoms with Crippen LogP contribution in [-0.4, -0.2) is 53.6 Å². The first-order valence-corrected chi connectivity index (χ1v) is 6.98. The van der Waals surface area contributed by atoms with Gasteiger partial charge >= 0.3 is 0 Å². The molecule has 1 N–H and O–H groups in total. The Morgan fingerprint density at radius 3 is 2.88 bits per heavy atom. The number of nitrogens with zero attached hydrogens (tertiary/aromatic N) is 3. The molecule has 0 spiro atoms. The highest BCUT2D eigenvalue weighted by molar-refractivity contribution is 7.09. The van der Waals surface area contributed by atoms with Gasteiger partial charge in [-0.15, -0.1) is 11.3 Å². The Kier molecular flexibility index (Phi) is 4.14. The highest BCUT2D eigenvalue weighted by Gasteiger charge is 2.25. The summed E-state index contributed by atoms with van der Waals surface area (Å²) in [6.45, 7) is 5.04. The minimum atomic E-state index is -0.464. The lowest BCUT2D eigenvalue weighted by Gasteiger charge is -2.25. The maximum atomic E-state index is 9.53. The number of rotatable bonds is 2. The second kappa shape index (κ2) is 5.44. The fourth-order valence-electron chi connectivity index (χ4n) is 2.18. The highest BCUT2D eigenvalue weighted by atomic mass is 32.1. The molecule has 1 aliphatic rings. The summed E-state index contributed by atoms with van der Waals surface area (Å²) < 4.78 is 0. The van der Waals surface area contributed by atoms with Crippen LogP contribution < -0.4 is 0 Å². The number of hydrogen-bond acceptors (Lipinski definition) is 5. The summed E-state index contributed by atoms with van der Waals surface area (Å²) in [5.41, 5.74) is 0.797. The number of thiazole rings is 1. The van der Waals surface area contributed by atoms with E-state index in [1.54, 1.807) is 18.3 Å². The minimum absolute atomic E-state index is 0.361. The minimum Gasteiger partial charge on any atom is -0.387 e. The number of aromatic nitrogens is 1. The lowest BCUT2D eigenvalue weighted by molar-refractivity contribution is 0.193. The van der Waals surface area contributed by atoms with Crippen LogP contribution in [0, 0.1) is 0 Å². The zero-order valence-electron chi connectivity index (χ0n) is 10.8. The summed E-state index contributed by atoms with van der Waals surface area (Å²) in [4.78, 5) is 9.29. The molecule has 2 rings (SSSR count). The Bertz CT molecular complexity index is 366. The van der Waals surface area contributed by atoms with Gasteiger partial charge in [-0.3, -0.25) is 4.90 Å². The van der Waals surface area contributed by atoms with Crippen LogP contribution in [0.5, 0.6) is 0 Å². The van der Waals surface area contributed by atoms with Crippen molar-refractivity contribution in [2.75, 3.05) is 33.7 Å². The van der Waals surface area contributed by atoms with E-state index in [9.17, 15) is 5.11 Å². The first-order chi connectivity index (χ1) is 8.08. The van der Waals surface area contributed by atoms with Crippen molar-refractivity contribution < 1.29 is 5.11 Å². The highest BCUT2D eigenvalue weighted by Crippen LogP contribution is 2.27. The summed E-state index contributed by atoms with van der Waals surface area (Å²) >= 11 is 1.66. The summed E-state index contributed by atoms with van der Waals surface area (Å²) in [7, 11) is 4.32. The van der Waals surface area contributed by atoms with Crippen molar-refractivity contribution in [2.24, 2.45) is 0 Å². The third-order valence-electron chi connectivity index (χ3n) is 3.32. The number of hydrogen-bond donors (Lipinski definition) is 1. The van der Waals surface area contributed by atoms with Gasteiger partial charge in [-0.25, -0.2) is 4.98 Å². The molecule has 2 atom stereocenters. The molecule has 0 aromatic carbocycles. The van der Waals surface area contributed by atoms with Gasteiger partial charge in [0.2, 0.25) is 0 Å². The van der Waals surface area contributed by atoms with Crippen molar-refractivity contribution in [1.82, 2.24) is 14.8 Å². The second-order valence-corrected chi connectivity index (χ2v) is 5.79. The molecule has 2 heterocycles. The molecule has 0 aliphatic carbocycles. The Hall–Kier alpha value is -0.490. The predicted octanol–water partition coefficient (Wildman–Crippen LogP) is 1.50. The van der Waals surface area contributed by atoms with Gasteiger partial charge in [0.15, 0.2) is 0 Å². The van der Waals surface area contributed by atoms with Crippen LogP contribution in [0.1, 0.15) is 36.2 Å². The van der Waals surface area contributed by atoms with Crippen molar-refractivity contribution >= 4 is 11.3 Å². The molecule has 1 aromatic heterocycles. The van der Waals surface area contributed by atoms with E-state index in [-0.39, 0.29) is 0 Å².